The standard InChI is InChI=1S/C20H23BrN2O3S/c1-14(2)23-19(24)13-27-18-9-4-3-8-17(18)20(25)22-10-11-26-16-7-5-6-15(21)12-16/h3-9,12,14H,10-11,13H2,1-2H3,(H,22,25)(H,23,24). The summed E-state index contributed by atoms with van der Waals surface area (Å²) in [6.07, 6.45) is 0. The molecule has 2 aromatic rings. The van der Waals surface area contributed by atoms with Gasteiger partial charge in [-0.05, 0) is 44.2 Å². The van der Waals surface area contributed by atoms with E-state index in [2.05, 4.69) is 26.6 Å². The molecule has 144 valence electrons. The molecule has 0 unspecified atom stereocenters. The molecule has 0 aliphatic rings. The van der Waals surface area contributed by atoms with Crippen molar-refractivity contribution in [2.75, 3.05) is 18.9 Å². The number of carbonyl (C=O) groups excluding carboxylic acids is 2. The van der Waals surface area contributed by atoms with Gasteiger partial charge in [-0.25, -0.2) is 0 Å². The Morgan fingerprint density at radius 3 is 2.67 bits per heavy atom. The van der Waals surface area contributed by atoms with Crippen LogP contribution in [0, 0.1) is 0 Å². The summed E-state index contributed by atoms with van der Waals surface area (Å²) >= 11 is 4.74. The van der Waals surface area contributed by atoms with Gasteiger partial charge in [0.25, 0.3) is 5.91 Å². The summed E-state index contributed by atoms with van der Waals surface area (Å²) in [6, 6.07) is 14.9. The minimum absolute atomic E-state index is 0.0485. The molecule has 0 saturated heterocycles. The molecule has 0 spiro atoms. The Hall–Kier alpha value is -1.99. The third-order valence-corrected chi connectivity index (χ3v) is 4.96. The lowest BCUT2D eigenvalue weighted by Gasteiger charge is -2.12. The third-order valence-electron chi connectivity index (χ3n) is 3.39. The van der Waals surface area contributed by atoms with Gasteiger partial charge in [-0.15, -0.1) is 11.8 Å². The van der Waals surface area contributed by atoms with Gasteiger partial charge in [0.2, 0.25) is 5.91 Å². The SMILES string of the molecule is CC(C)NC(=O)CSc1ccccc1C(=O)NCCOc1cccc(Br)c1. The molecular formula is C20H23BrN2O3S. The molecule has 0 aliphatic heterocycles. The normalized spacial score (nSPS) is 10.5. The minimum Gasteiger partial charge on any atom is -0.492 e. The van der Waals surface area contributed by atoms with Gasteiger partial charge in [0.1, 0.15) is 12.4 Å². The topological polar surface area (TPSA) is 67.4 Å². The van der Waals surface area contributed by atoms with Gasteiger partial charge in [-0.3, -0.25) is 9.59 Å². The molecule has 0 radical (unpaired) electrons. The van der Waals surface area contributed by atoms with Crippen LogP contribution in [0.25, 0.3) is 0 Å². The summed E-state index contributed by atoms with van der Waals surface area (Å²) in [7, 11) is 0. The minimum atomic E-state index is -0.180. The van der Waals surface area contributed by atoms with Crippen molar-refractivity contribution in [2.45, 2.75) is 24.8 Å². The molecule has 0 atom stereocenters. The molecule has 2 aromatic carbocycles. The molecule has 0 aromatic heterocycles. The van der Waals surface area contributed by atoms with Crippen molar-refractivity contribution in [1.29, 1.82) is 0 Å². The summed E-state index contributed by atoms with van der Waals surface area (Å²) < 4.78 is 6.56. The van der Waals surface area contributed by atoms with Crippen molar-refractivity contribution in [3.8, 4) is 5.75 Å². The van der Waals surface area contributed by atoms with Crippen LogP contribution in [-0.4, -0.2) is 36.8 Å². The monoisotopic (exact) mass is 450 g/mol. The van der Waals surface area contributed by atoms with E-state index in [0.29, 0.717) is 18.7 Å². The first kappa shape index (κ1) is 21.3. The molecule has 0 aliphatic carbocycles. The van der Waals surface area contributed by atoms with E-state index in [1.165, 1.54) is 11.8 Å². The molecule has 5 nitrogen and oxygen atoms in total. The molecule has 0 fully saturated rings. The average molecular weight is 451 g/mol. The molecular weight excluding hydrogens is 428 g/mol. The molecule has 7 heteroatoms. The van der Waals surface area contributed by atoms with Crippen LogP contribution in [-0.2, 0) is 4.79 Å². The zero-order chi connectivity index (χ0) is 19.6. The number of hydrogen-bond donors (Lipinski definition) is 2. The van der Waals surface area contributed by atoms with Crippen molar-refractivity contribution in [3.05, 3.63) is 58.6 Å². The van der Waals surface area contributed by atoms with Gasteiger partial charge < -0.3 is 15.4 Å². The highest BCUT2D eigenvalue weighted by Crippen LogP contribution is 2.22. The highest BCUT2D eigenvalue weighted by Gasteiger charge is 2.12. The zero-order valence-corrected chi connectivity index (χ0v) is 17.7. The zero-order valence-electron chi connectivity index (χ0n) is 15.3. The second kappa shape index (κ2) is 11.0. The van der Waals surface area contributed by atoms with Gasteiger partial charge in [-0.1, -0.05) is 34.1 Å². The number of nitrogens with one attached hydrogen (secondary N) is 2. The first-order chi connectivity index (χ1) is 13.0. The number of amides is 2. The Labute approximate surface area is 172 Å². The molecule has 2 amide bonds. The Balaban J connectivity index is 1.84. The van der Waals surface area contributed by atoms with E-state index in [0.717, 1.165) is 15.1 Å². The predicted molar refractivity (Wildman–Crippen MR) is 112 cm³/mol. The van der Waals surface area contributed by atoms with Crippen LogP contribution in [0.15, 0.2) is 57.9 Å². The summed E-state index contributed by atoms with van der Waals surface area (Å²) in [5.74, 6) is 0.785. The maximum absolute atomic E-state index is 12.5. The Bertz CT molecular complexity index is 783. The fourth-order valence-electron chi connectivity index (χ4n) is 2.27. The van der Waals surface area contributed by atoms with Gasteiger partial charge in [-0.2, -0.15) is 0 Å². The molecule has 27 heavy (non-hydrogen) atoms. The van der Waals surface area contributed by atoms with Crippen LogP contribution < -0.4 is 15.4 Å². The second-order valence-corrected chi connectivity index (χ2v) is 8.00. The van der Waals surface area contributed by atoms with Crippen molar-refractivity contribution < 1.29 is 14.3 Å². The Kier molecular flexibility index (Phi) is 8.67. The van der Waals surface area contributed by atoms with Gasteiger partial charge in [0.05, 0.1) is 17.9 Å². The molecule has 0 bridgehead atoms. The van der Waals surface area contributed by atoms with E-state index in [9.17, 15) is 9.59 Å². The van der Waals surface area contributed by atoms with Crippen LogP contribution in [0.4, 0.5) is 0 Å². The average Bonchev–Trinajstić information content (AvgIpc) is 2.63. The highest BCUT2D eigenvalue weighted by molar-refractivity contribution is 9.10. The second-order valence-electron chi connectivity index (χ2n) is 6.07. The maximum Gasteiger partial charge on any atom is 0.252 e. The van der Waals surface area contributed by atoms with Crippen LogP contribution in [0.5, 0.6) is 5.75 Å². The van der Waals surface area contributed by atoms with Crippen molar-refractivity contribution >= 4 is 39.5 Å². The van der Waals surface area contributed by atoms with Gasteiger partial charge in [0, 0.05) is 15.4 Å². The smallest absolute Gasteiger partial charge is 0.252 e. The van der Waals surface area contributed by atoms with E-state index in [4.69, 9.17) is 4.74 Å². The number of thioether (sulfide) groups is 1. The summed E-state index contributed by atoms with van der Waals surface area (Å²) in [5.41, 5.74) is 0.558. The van der Waals surface area contributed by atoms with Gasteiger partial charge in [0.15, 0.2) is 0 Å². The number of benzene rings is 2. The van der Waals surface area contributed by atoms with Crippen molar-refractivity contribution in [2.24, 2.45) is 0 Å². The number of halogens is 1. The number of carbonyl (C=O) groups is 2. The van der Waals surface area contributed by atoms with E-state index < -0.39 is 0 Å². The molecule has 2 rings (SSSR count). The van der Waals surface area contributed by atoms with Crippen LogP contribution in [0.1, 0.15) is 24.2 Å². The van der Waals surface area contributed by atoms with Crippen LogP contribution in [0.3, 0.4) is 0 Å². The highest BCUT2D eigenvalue weighted by atomic mass is 79.9. The number of hydrogen-bond acceptors (Lipinski definition) is 4. The van der Waals surface area contributed by atoms with E-state index in [1.54, 1.807) is 6.07 Å². The van der Waals surface area contributed by atoms with E-state index >= 15 is 0 Å². The first-order valence-electron chi connectivity index (χ1n) is 8.63. The lowest BCUT2D eigenvalue weighted by Crippen LogP contribution is -2.31. The summed E-state index contributed by atoms with van der Waals surface area (Å²) in [5, 5.41) is 5.70. The van der Waals surface area contributed by atoms with Gasteiger partial charge >= 0.3 is 0 Å². The van der Waals surface area contributed by atoms with Crippen LogP contribution in [0.2, 0.25) is 0 Å². The maximum atomic E-state index is 12.5. The molecule has 2 N–H and O–H groups in total. The number of rotatable bonds is 9. The lowest BCUT2D eigenvalue weighted by atomic mass is 10.2. The fraction of sp³-hybridized carbons (Fsp3) is 0.300. The third kappa shape index (κ3) is 7.64. The Morgan fingerprint density at radius 2 is 1.93 bits per heavy atom. The van der Waals surface area contributed by atoms with Crippen LogP contribution >= 0.6 is 27.7 Å². The van der Waals surface area contributed by atoms with Crippen molar-refractivity contribution in [1.82, 2.24) is 10.6 Å². The predicted octanol–water partition coefficient (Wildman–Crippen LogP) is 3.87. The quantitative estimate of drug-likeness (QED) is 0.449. The van der Waals surface area contributed by atoms with Crippen molar-refractivity contribution in [3.63, 3.8) is 0 Å². The molecule has 0 saturated carbocycles. The number of ether oxygens (including phenoxy) is 1. The fourth-order valence-corrected chi connectivity index (χ4v) is 3.51. The molecule has 0 heterocycles. The first-order valence-corrected chi connectivity index (χ1v) is 10.4. The largest absolute Gasteiger partial charge is 0.492 e. The van der Waals surface area contributed by atoms with E-state index in [1.807, 2.05) is 56.3 Å². The Morgan fingerprint density at radius 1 is 1.15 bits per heavy atom. The lowest BCUT2D eigenvalue weighted by molar-refractivity contribution is -0.119. The van der Waals surface area contributed by atoms with E-state index in [-0.39, 0.29) is 23.6 Å². The summed E-state index contributed by atoms with van der Waals surface area (Å²) in [6.45, 7) is 4.59. The summed E-state index contributed by atoms with van der Waals surface area (Å²) in [4.78, 5) is 25.1.